The fraction of sp³-hybridized carbons (Fsp3) is 0.105. The molecule has 0 N–H and O–H groups in total. The van der Waals surface area contributed by atoms with Crippen molar-refractivity contribution in [3.63, 3.8) is 0 Å². The topological polar surface area (TPSA) is 60.4 Å². The van der Waals surface area contributed by atoms with Gasteiger partial charge in [0.05, 0.1) is 22.9 Å². The monoisotopic (exact) mass is 351 g/mol. The predicted octanol–water partition coefficient (Wildman–Crippen LogP) is 4.70. The zero-order chi connectivity index (χ0) is 17.6. The van der Waals surface area contributed by atoms with E-state index < -0.39 is 4.92 Å². The number of benzene rings is 2. The Bertz CT molecular complexity index is 1040. The molecule has 1 aliphatic rings. The van der Waals surface area contributed by atoms with E-state index in [-0.39, 0.29) is 5.69 Å². The second kappa shape index (κ2) is 5.86. The van der Waals surface area contributed by atoms with Gasteiger partial charge in [0.15, 0.2) is 0 Å². The summed E-state index contributed by atoms with van der Waals surface area (Å²) in [6.45, 7) is 2.52. The zero-order valence-corrected chi connectivity index (χ0v) is 14.2. The Balaban J connectivity index is 2.03. The molecule has 0 amide bonds. The van der Waals surface area contributed by atoms with Crippen molar-refractivity contribution in [1.29, 1.82) is 0 Å². The van der Waals surface area contributed by atoms with Crippen molar-refractivity contribution in [2.45, 2.75) is 13.5 Å². The first-order valence-corrected chi connectivity index (χ1v) is 8.19. The molecule has 25 heavy (non-hydrogen) atoms. The number of fused-ring (bicyclic) bond motifs is 3. The Morgan fingerprint density at radius 1 is 1.16 bits per heavy atom. The number of aromatic nitrogens is 1. The third-order valence-electron chi connectivity index (χ3n) is 4.44. The van der Waals surface area contributed by atoms with Crippen LogP contribution >= 0.6 is 11.6 Å². The molecule has 124 valence electrons. The zero-order valence-electron chi connectivity index (χ0n) is 13.4. The van der Waals surface area contributed by atoms with Crippen molar-refractivity contribution in [1.82, 2.24) is 4.57 Å². The van der Waals surface area contributed by atoms with Gasteiger partial charge in [-0.25, -0.2) is 0 Å². The summed E-state index contributed by atoms with van der Waals surface area (Å²) in [7, 11) is 0. The maximum atomic E-state index is 11.3. The second-order valence-electron chi connectivity index (χ2n) is 5.92. The van der Waals surface area contributed by atoms with Crippen LogP contribution in [0.4, 0.5) is 5.69 Å². The minimum atomic E-state index is -0.392. The molecule has 0 saturated heterocycles. The summed E-state index contributed by atoms with van der Waals surface area (Å²) < 4.78 is 2.04. The summed E-state index contributed by atoms with van der Waals surface area (Å²) in [6.07, 6.45) is 1.97. The fourth-order valence-corrected chi connectivity index (χ4v) is 3.37. The third kappa shape index (κ3) is 2.53. The molecular formula is C19H14ClN3O2. The number of aliphatic imine (C=N–C) groups is 1. The van der Waals surface area contributed by atoms with Crippen molar-refractivity contribution in [3.05, 3.63) is 92.2 Å². The lowest BCUT2D eigenvalue weighted by Crippen LogP contribution is -2.08. The van der Waals surface area contributed by atoms with Crippen LogP contribution in [0.2, 0.25) is 5.02 Å². The van der Waals surface area contributed by atoms with Gasteiger partial charge >= 0.3 is 0 Å². The average Bonchev–Trinajstić information content (AvgIpc) is 2.88. The van der Waals surface area contributed by atoms with Crippen LogP contribution in [0.25, 0.3) is 5.69 Å². The molecule has 5 nitrogen and oxygen atoms in total. The van der Waals surface area contributed by atoms with Crippen LogP contribution in [0, 0.1) is 17.0 Å². The predicted molar refractivity (Wildman–Crippen MR) is 98.0 cm³/mol. The van der Waals surface area contributed by atoms with E-state index in [1.807, 2.05) is 42.0 Å². The highest BCUT2D eigenvalue weighted by atomic mass is 35.5. The van der Waals surface area contributed by atoms with Gasteiger partial charge in [-0.1, -0.05) is 29.8 Å². The summed E-state index contributed by atoms with van der Waals surface area (Å²) in [5, 5.41) is 11.8. The van der Waals surface area contributed by atoms with E-state index in [0.717, 1.165) is 22.5 Å². The number of rotatable bonds is 2. The molecule has 2 heterocycles. The number of nitrogens with zero attached hydrogens (tertiary/aromatic N) is 3. The normalized spacial score (nSPS) is 12.8. The van der Waals surface area contributed by atoms with Gasteiger partial charge in [0.1, 0.15) is 0 Å². The van der Waals surface area contributed by atoms with E-state index in [2.05, 4.69) is 0 Å². The second-order valence-corrected chi connectivity index (χ2v) is 6.33. The highest BCUT2D eigenvalue weighted by molar-refractivity contribution is 6.35. The first-order chi connectivity index (χ1) is 12.1. The van der Waals surface area contributed by atoms with Crippen LogP contribution in [0.5, 0.6) is 0 Å². The SMILES string of the molecule is Cc1ccn2c1CN=C(c1ccccc1Cl)c1cc([N+](=O)[O-])ccc1-2. The summed E-state index contributed by atoms with van der Waals surface area (Å²) >= 11 is 6.37. The van der Waals surface area contributed by atoms with E-state index in [1.54, 1.807) is 18.2 Å². The van der Waals surface area contributed by atoms with Crippen molar-refractivity contribution in [2.75, 3.05) is 0 Å². The van der Waals surface area contributed by atoms with Gasteiger partial charge < -0.3 is 4.57 Å². The highest BCUT2D eigenvalue weighted by Crippen LogP contribution is 2.31. The summed E-state index contributed by atoms with van der Waals surface area (Å²) in [5.74, 6) is 0. The molecule has 0 atom stereocenters. The number of non-ortho nitro benzene ring substituents is 1. The summed E-state index contributed by atoms with van der Waals surface area (Å²) in [5.41, 5.74) is 5.25. The third-order valence-corrected chi connectivity index (χ3v) is 4.77. The minimum absolute atomic E-state index is 0.0332. The molecule has 0 spiro atoms. The molecule has 0 unspecified atom stereocenters. The van der Waals surface area contributed by atoms with Crippen LogP contribution in [0.15, 0.2) is 59.7 Å². The molecule has 0 saturated carbocycles. The Morgan fingerprint density at radius 3 is 2.72 bits per heavy atom. The van der Waals surface area contributed by atoms with Crippen LogP contribution in [0.3, 0.4) is 0 Å². The molecule has 0 fully saturated rings. The molecule has 1 aliphatic heterocycles. The lowest BCUT2D eigenvalue weighted by molar-refractivity contribution is -0.384. The van der Waals surface area contributed by atoms with Gasteiger partial charge in [-0.3, -0.25) is 15.1 Å². The van der Waals surface area contributed by atoms with E-state index >= 15 is 0 Å². The molecular weight excluding hydrogens is 338 g/mol. The molecule has 3 aromatic rings. The molecule has 1 aromatic heterocycles. The van der Waals surface area contributed by atoms with Crippen LogP contribution < -0.4 is 0 Å². The Labute approximate surface area is 149 Å². The van der Waals surface area contributed by atoms with Gasteiger partial charge in [0.2, 0.25) is 0 Å². The number of nitro benzene ring substituents is 1. The first-order valence-electron chi connectivity index (χ1n) is 7.81. The standard InChI is InChI=1S/C19H14ClN3O2/c1-12-8-9-22-17-7-6-13(23(24)25)10-15(17)19(21-11-18(12)22)14-4-2-3-5-16(14)20/h2-10H,11H2,1H3. The first kappa shape index (κ1) is 15.6. The van der Waals surface area contributed by atoms with E-state index in [1.165, 1.54) is 6.07 Å². The van der Waals surface area contributed by atoms with Crippen LogP contribution in [0.1, 0.15) is 22.4 Å². The Kier molecular flexibility index (Phi) is 3.66. The van der Waals surface area contributed by atoms with Crippen molar-refractivity contribution < 1.29 is 4.92 Å². The van der Waals surface area contributed by atoms with Crippen molar-refractivity contribution in [2.24, 2.45) is 4.99 Å². The van der Waals surface area contributed by atoms with Gasteiger partial charge in [-0.15, -0.1) is 0 Å². The van der Waals surface area contributed by atoms with Gasteiger partial charge in [-0.2, -0.15) is 0 Å². The lowest BCUT2D eigenvalue weighted by Gasteiger charge is -2.13. The van der Waals surface area contributed by atoms with Crippen LogP contribution in [-0.4, -0.2) is 15.2 Å². The highest BCUT2D eigenvalue weighted by Gasteiger charge is 2.23. The molecule has 6 heteroatoms. The minimum Gasteiger partial charge on any atom is -0.318 e. The van der Waals surface area contributed by atoms with Gasteiger partial charge in [-0.05, 0) is 30.7 Å². The summed E-state index contributed by atoms with van der Waals surface area (Å²) in [6, 6.07) is 14.3. The number of hydrogen-bond donors (Lipinski definition) is 0. The maximum absolute atomic E-state index is 11.3. The van der Waals surface area contributed by atoms with Crippen molar-refractivity contribution >= 4 is 23.0 Å². The number of halogens is 1. The number of nitro groups is 1. The Morgan fingerprint density at radius 2 is 1.96 bits per heavy atom. The quantitative estimate of drug-likeness (QED) is 0.496. The molecule has 0 aliphatic carbocycles. The fourth-order valence-electron chi connectivity index (χ4n) is 3.15. The van der Waals surface area contributed by atoms with Gasteiger partial charge in [0.25, 0.3) is 5.69 Å². The van der Waals surface area contributed by atoms with E-state index in [0.29, 0.717) is 22.8 Å². The lowest BCUT2D eigenvalue weighted by atomic mass is 9.99. The largest absolute Gasteiger partial charge is 0.318 e. The van der Waals surface area contributed by atoms with E-state index in [4.69, 9.17) is 16.6 Å². The Hall–Kier alpha value is -2.92. The molecule has 0 radical (unpaired) electrons. The van der Waals surface area contributed by atoms with Crippen LogP contribution in [-0.2, 0) is 6.54 Å². The van der Waals surface area contributed by atoms with Crippen molar-refractivity contribution in [3.8, 4) is 5.69 Å². The average molecular weight is 352 g/mol. The molecule has 2 aromatic carbocycles. The summed E-state index contributed by atoms with van der Waals surface area (Å²) in [4.78, 5) is 15.6. The van der Waals surface area contributed by atoms with Gasteiger partial charge in [0, 0.05) is 40.2 Å². The molecule has 0 bridgehead atoms. The number of hydrogen-bond acceptors (Lipinski definition) is 3. The molecule has 4 rings (SSSR count). The van der Waals surface area contributed by atoms with E-state index in [9.17, 15) is 10.1 Å². The number of aryl methyl sites for hydroxylation is 1. The maximum Gasteiger partial charge on any atom is 0.270 e. The smallest absolute Gasteiger partial charge is 0.270 e.